The first-order chi connectivity index (χ1) is 9.72. The fraction of sp³-hybridized carbons (Fsp3) is 0.267. The number of amides is 1. The normalized spacial score (nSPS) is 17.3. The van der Waals surface area contributed by atoms with Crippen molar-refractivity contribution in [3.05, 3.63) is 40.1 Å². The van der Waals surface area contributed by atoms with Crippen LogP contribution in [0, 0.1) is 0 Å². The summed E-state index contributed by atoms with van der Waals surface area (Å²) in [5.41, 5.74) is 1.88. The summed E-state index contributed by atoms with van der Waals surface area (Å²) in [5, 5.41) is 4.94. The van der Waals surface area contributed by atoms with Gasteiger partial charge in [-0.05, 0) is 23.1 Å². The standard InChI is InChI=1S/C15H15NO3S/c1-18-12-6-9-10(14-4-3-5-20-14)7-15(17)16-11(9)8-13(12)19-2/h3-6,8,10H,7H2,1-2H3,(H,16,17)/t10-/m0/s1. The van der Waals surface area contributed by atoms with E-state index in [-0.39, 0.29) is 11.8 Å². The van der Waals surface area contributed by atoms with Crippen LogP contribution in [-0.4, -0.2) is 20.1 Å². The number of carbonyl (C=O) groups excluding carboxylic acids is 1. The number of fused-ring (bicyclic) bond motifs is 1. The van der Waals surface area contributed by atoms with E-state index in [1.807, 2.05) is 23.6 Å². The van der Waals surface area contributed by atoms with E-state index < -0.39 is 0 Å². The summed E-state index contributed by atoms with van der Waals surface area (Å²) in [5.74, 6) is 1.42. The molecule has 5 heteroatoms. The smallest absolute Gasteiger partial charge is 0.225 e. The predicted octanol–water partition coefficient (Wildman–Crippen LogP) is 3.24. The fourth-order valence-electron chi connectivity index (χ4n) is 2.53. The zero-order valence-corrected chi connectivity index (χ0v) is 12.1. The number of rotatable bonds is 3. The molecule has 104 valence electrons. The number of thiophene rings is 1. The molecule has 0 unspecified atom stereocenters. The Kier molecular flexibility index (Phi) is 3.36. The highest BCUT2D eigenvalue weighted by Gasteiger charge is 2.28. The molecule has 0 fully saturated rings. The minimum atomic E-state index is 0.0307. The molecule has 1 amide bonds. The van der Waals surface area contributed by atoms with Gasteiger partial charge in [0.15, 0.2) is 11.5 Å². The maximum absolute atomic E-state index is 11.9. The lowest BCUT2D eigenvalue weighted by Gasteiger charge is -2.26. The van der Waals surface area contributed by atoms with Crippen molar-refractivity contribution in [2.24, 2.45) is 0 Å². The minimum absolute atomic E-state index is 0.0307. The fourth-order valence-corrected chi connectivity index (χ4v) is 3.38. The summed E-state index contributed by atoms with van der Waals surface area (Å²) in [6.07, 6.45) is 0.461. The van der Waals surface area contributed by atoms with Gasteiger partial charge < -0.3 is 14.8 Å². The Hall–Kier alpha value is -2.01. The lowest BCUT2D eigenvalue weighted by Crippen LogP contribution is -2.23. The number of carbonyl (C=O) groups is 1. The Morgan fingerprint density at radius 3 is 2.65 bits per heavy atom. The van der Waals surface area contributed by atoms with Gasteiger partial charge in [0, 0.05) is 29.0 Å². The van der Waals surface area contributed by atoms with E-state index in [1.54, 1.807) is 25.6 Å². The van der Waals surface area contributed by atoms with Crippen molar-refractivity contribution in [1.29, 1.82) is 0 Å². The van der Waals surface area contributed by atoms with E-state index in [0.29, 0.717) is 17.9 Å². The van der Waals surface area contributed by atoms with Gasteiger partial charge in [-0.25, -0.2) is 0 Å². The Morgan fingerprint density at radius 2 is 2.00 bits per heavy atom. The minimum Gasteiger partial charge on any atom is -0.493 e. The molecule has 1 aromatic heterocycles. The third-order valence-electron chi connectivity index (χ3n) is 3.48. The first-order valence-electron chi connectivity index (χ1n) is 6.32. The van der Waals surface area contributed by atoms with Crippen LogP contribution >= 0.6 is 11.3 Å². The first kappa shape index (κ1) is 13.0. The summed E-state index contributed by atoms with van der Waals surface area (Å²) in [6.45, 7) is 0. The average molecular weight is 289 g/mol. The van der Waals surface area contributed by atoms with Crippen molar-refractivity contribution in [3.8, 4) is 11.5 Å². The third kappa shape index (κ3) is 2.14. The molecule has 1 aromatic carbocycles. The van der Waals surface area contributed by atoms with Crippen LogP contribution in [0.5, 0.6) is 11.5 Å². The first-order valence-corrected chi connectivity index (χ1v) is 7.20. The van der Waals surface area contributed by atoms with Crippen LogP contribution in [0.25, 0.3) is 0 Å². The van der Waals surface area contributed by atoms with Crippen LogP contribution in [0.3, 0.4) is 0 Å². The maximum atomic E-state index is 11.9. The van der Waals surface area contributed by atoms with Gasteiger partial charge in [0.25, 0.3) is 0 Å². The van der Waals surface area contributed by atoms with Crippen molar-refractivity contribution >= 4 is 22.9 Å². The van der Waals surface area contributed by atoms with Gasteiger partial charge in [-0.15, -0.1) is 11.3 Å². The van der Waals surface area contributed by atoms with Crippen LogP contribution in [0.1, 0.15) is 22.8 Å². The van der Waals surface area contributed by atoms with E-state index in [1.165, 1.54) is 4.88 Å². The molecule has 4 nitrogen and oxygen atoms in total. The van der Waals surface area contributed by atoms with E-state index in [4.69, 9.17) is 9.47 Å². The molecular weight excluding hydrogens is 274 g/mol. The van der Waals surface area contributed by atoms with Gasteiger partial charge in [-0.3, -0.25) is 4.79 Å². The summed E-state index contributed by atoms with van der Waals surface area (Å²) in [4.78, 5) is 13.1. The molecule has 0 bridgehead atoms. The van der Waals surface area contributed by atoms with Gasteiger partial charge in [-0.1, -0.05) is 6.07 Å². The van der Waals surface area contributed by atoms with Gasteiger partial charge in [0.2, 0.25) is 5.91 Å². The van der Waals surface area contributed by atoms with E-state index >= 15 is 0 Å². The van der Waals surface area contributed by atoms with Crippen LogP contribution in [0.2, 0.25) is 0 Å². The van der Waals surface area contributed by atoms with Gasteiger partial charge in [-0.2, -0.15) is 0 Å². The maximum Gasteiger partial charge on any atom is 0.225 e. The van der Waals surface area contributed by atoms with Crippen molar-refractivity contribution in [2.45, 2.75) is 12.3 Å². The molecule has 20 heavy (non-hydrogen) atoms. The molecule has 3 rings (SSSR count). The van der Waals surface area contributed by atoms with E-state index in [2.05, 4.69) is 11.4 Å². The molecule has 1 aliphatic heterocycles. The Bertz CT molecular complexity index is 637. The van der Waals surface area contributed by atoms with Crippen molar-refractivity contribution in [3.63, 3.8) is 0 Å². The van der Waals surface area contributed by atoms with Crippen molar-refractivity contribution < 1.29 is 14.3 Å². The Morgan fingerprint density at radius 1 is 1.25 bits per heavy atom. The van der Waals surface area contributed by atoms with Crippen molar-refractivity contribution in [1.82, 2.24) is 0 Å². The number of hydrogen-bond acceptors (Lipinski definition) is 4. The summed E-state index contributed by atoms with van der Waals surface area (Å²) < 4.78 is 10.7. The molecule has 1 atom stereocenters. The lowest BCUT2D eigenvalue weighted by molar-refractivity contribution is -0.116. The quantitative estimate of drug-likeness (QED) is 0.943. The van der Waals surface area contributed by atoms with Crippen LogP contribution in [0.15, 0.2) is 29.6 Å². The second-order valence-electron chi connectivity index (χ2n) is 4.61. The topological polar surface area (TPSA) is 47.6 Å². The van der Waals surface area contributed by atoms with Gasteiger partial charge >= 0.3 is 0 Å². The van der Waals surface area contributed by atoms with Crippen LogP contribution in [-0.2, 0) is 4.79 Å². The van der Waals surface area contributed by atoms with Gasteiger partial charge in [0.05, 0.1) is 14.2 Å². The summed E-state index contributed by atoms with van der Waals surface area (Å²) in [7, 11) is 3.21. The molecule has 2 aromatic rings. The number of methoxy groups -OCH3 is 2. The molecule has 0 saturated heterocycles. The Labute approximate surface area is 121 Å². The highest BCUT2D eigenvalue weighted by atomic mass is 32.1. The molecule has 0 aliphatic carbocycles. The molecule has 2 heterocycles. The second-order valence-corrected chi connectivity index (χ2v) is 5.59. The molecule has 1 N–H and O–H groups in total. The average Bonchev–Trinajstić information content (AvgIpc) is 2.98. The van der Waals surface area contributed by atoms with Crippen molar-refractivity contribution in [2.75, 3.05) is 19.5 Å². The second kappa shape index (κ2) is 5.17. The SMILES string of the molecule is COc1cc2c(cc1OC)[C@@H](c1cccs1)CC(=O)N2. The lowest BCUT2D eigenvalue weighted by atomic mass is 9.89. The number of ether oxygens (including phenoxy) is 2. The van der Waals surface area contributed by atoms with Crippen LogP contribution < -0.4 is 14.8 Å². The van der Waals surface area contributed by atoms with E-state index in [9.17, 15) is 4.79 Å². The predicted molar refractivity (Wildman–Crippen MR) is 79.0 cm³/mol. The highest BCUT2D eigenvalue weighted by molar-refractivity contribution is 7.10. The number of nitrogens with one attached hydrogen (secondary N) is 1. The monoisotopic (exact) mass is 289 g/mol. The van der Waals surface area contributed by atoms with Gasteiger partial charge in [0.1, 0.15) is 0 Å². The molecular formula is C15H15NO3S. The largest absolute Gasteiger partial charge is 0.493 e. The number of hydrogen-bond donors (Lipinski definition) is 1. The molecule has 1 aliphatic rings. The third-order valence-corrected chi connectivity index (χ3v) is 4.47. The highest BCUT2D eigenvalue weighted by Crippen LogP contribution is 2.43. The summed E-state index contributed by atoms with van der Waals surface area (Å²) in [6, 6.07) is 7.85. The molecule has 0 spiro atoms. The molecule has 0 radical (unpaired) electrons. The number of anilines is 1. The number of benzene rings is 1. The summed E-state index contributed by atoms with van der Waals surface area (Å²) >= 11 is 1.67. The zero-order chi connectivity index (χ0) is 14.1. The zero-order valence-electron chi connectivity index (χ0n) is 11.3. The molecule has 0 saturated carbocycles. The van der Waals surface area contributed by atoms with Crippen LogP contribution in [0.4, 0.5) is 5.69 Å². The van der Waals surface area contributed by atoms with E-state index in [0.717, 1.165) is 11.3 Å². The Balaban J connectivity index is 2.13.